The van der Waals surface area contributed by atoms with Crippen molar-refractivity contribution < 1.29 is 27.5 Å². The lowest BCUT2D eigenvalue weighted by molar-refractivity contribution is -0.0259. The van der Waals surface area contributed by atoms with Gasteiger partial charge in [-0.25, -0.2) is 13.2 Å². The van der Waals surface area contributed by atoms with Crippen LogP contribution in [0.1, 0.15) is 15.9 Å². The number of rotatable bonds is 7. The van der Waals surface area contributed by atoms with E-state index >= 15 is 0 Å². The van der Waals surface area contributed by atoms with Crippen LogP contribution in [0.3, 0.4) is 0 Å². The van der Waals surface area contributed by atoms with Gasteiger partial charge in [0.25, 0.3) is 10.0 Å². The van der Waals surface area contributed by atoms with Crippen molar-refractivity contribution in [2.45, 2.75) is 11.5 Å². The van der Waals surface area contributed by atoms with Gasteiger partial charge >= 0.3 is 5.97 Å². The van der Waals surface area contributed by atoms with Crippen molar-refractivity contribution in [2.24, 2.45) is 0 Å². The number of esters is 1. The molecule has 2 aromatic carbocycles. The summed E-state index contributed by atoms with van der Waals surface area (Å²) in [6.07, 6.45) is 0. The molecule has 0 spiro atoms. The van der Waals surface area contributed by atoms with Crippen molar-refractivity contribution in [2.75, 3.05) is 21.3 Å². The zero-order valence-corrected chi connectivity index (χ0v) is 16.0. The minimum atomic E-state index is -4.00. The summed E-state index contributed by atoms with van der Waals surface area (Å²) in [6, 6.07) is 10.9. The summed E-state index contributed by atoms with van der Waals surface area (Å²) in [5.41, 5.74) is 0.698. The largest absolute Gasteiger partial charge is 0.495 e. The lowest BCUT2D eigenvalue weighted by Crippen LogP contribution is -2.26. The minimum Gasteiger partial charge on any atom is -0.495 e. The molecule has 0 amide bonds. The van der Waals surface area contributed by atoms with Crippen molar-refractivity contribution in [1.29, 1.82) is 0 Å². The SMILES string of the molecule is COc1ccc(C(=O)OCc2ccccc2Cl)cc1S(=O)(=O)N(C)OC. The number of sulfonamides is 1. The van der Waals surface area contributed by atoms with Crippen LogP contribution in [0.15, 0.2) is 47.4 Å². The molecule has 0 saturated heterocycles. The second-order valence-electron chi connectivity index (χ2n) is 5.13. The number of halogens is 1. The Hall–Kier alpha value is -2.13. The van der Waals surface area contributed by atoms with Crippen LogP contribution >= 0.6 is 11.6 Å². The molecule has 0 bridgehead atoms. The predicted octanol–water partition coefficient (Wildman–Crippen LogP) is 2.89. The lowest BCUT2D eigenvalue weighted by Gasteiger charge is -2.17. The molecule has 7 nitrogen and oxygen atoms in total. The summed E-state index contributed by atoms with van der Waals surface area (Å²) >= 11 is 6.02. The van der Waals surface area contributed by atoms with Gasteiger partial charge < -0.3 is 9.47 Å². The van der Waals surface area contributed by atoms with E-state index in [4.69, 9.17) is 25.9 Å². The van der Waals surface area contributed by atoms with E-state index in [1.54, 1.807) is 24.3 Å². The minimum absolute atomic E-state index is 0.0371. The van der Waals surface area contributed by atoms with Gasteiger partial charge in [-0.15, -0.1) is 0 Å². The van der Waals surface area contributed by atoms with Gasteiger partial charge in [-0.2, -0.15) is 0 Å². The standard InChI is InChI=1S/C17H18ClNO6S/c1-19(24-3)26(21,22)16-10-12(8-9-15(16)23-2)17(20)25-11-13-6-4-5-7-14(13)18/h4-10H,11H2,1-3H3. The van der Waals surface area contributed by atoms with E-state index in [0.29, 0.717) is 15.1 Å². The molecule has 2 rings (SSSR count). The summed E-state index contributed by atoms with van der Waals surface area (Å²) < 4.78 is 36.0. The molecule has 0 aliphatic heterocycles. The van der Waals surface area contributed by atoms with Gasteiger partial charge in [0.2, 0.25) is 0 Å². The third kappa shape index (κ3) is 4.34. The molecular weight excluding hydrogens is 382 g/mol. The fraction of sp³-hybridized carbons (Fsp3) is 0.235. The summed E-state index contributed by atoms with van der Waals surface area (Å²) in [4.78, 5) is 16.8. The molecule has 0 saturated carbocycles. The summed E-state index contributed by atoms with van der Waals surface area (Å²) in [5, 5.41) is 0.472. The normalized spacial score (nSPS) is 11.4. The van der Waals surface area contributed by atoms with Crippen molar-refractivity contribution >= 4 is 27.6 Å². The van der Waals surface area contributed by atoms with Crippen molar-refractivity contribution in [1.82, 2.24) is 4.47 Å². The molecule has 0 atom stereocenters. The third-order valence-electron chi connectivity index (χ3n) is 3.59. The second-order valence-corrected chi connectivity index (χ2v) is 7.44. The molecule has 0 aliphatic carbocycles. The summed E-state index contributed by atoms with van der Waals surface area (Å²) in [7, 11) is -0.227. The molecule has 0 fully saturated rings. The average Bonchev–Trinajstić information content (AvgIpc) is 2.65. The zero-order chi connectivity index (χ0) is 19.3. The highest BCUT2D eigenvalue weighted by Gasteiger charge is 2.26. The quantitative estimate of drug-likeness (QED) is 0.526. The van der Waals surface area contributed by atoms with E-state index < -0.39 is 16.0 Å². The average molecular weight is 400 g/mol. The Morgan fingerprint density at radius 2 is 1.85 bits per heavy atom. The van der Waals surface area contributed by atoms with Crippen molar-refractivity contribution in [3.05, 3.63) is 58.6 Å². The van der Waals surface area contributed by atoms with E-state index in [9.17, 15) is 13.2 Å². The van der Waals surface area contributed by atoms with Crippen LogP contribution in [0.4, 0.5) is 0 Å². The van der Waals surface area contributed by atoms with Crippen LogP contribution in [0, 0.1) is 0 Å². The third-order valence-corrected chi connectivity index (χ3v) is 5.66. The van der Waals surface area contributed by atoms with Gasteiger partial charge in [-0.3, -0.25) is 4.84 Å². The molecule has 140 valence electrons. The number of hydroxylamine groups is 1. The Morgan fingerprint density at radius 3 is 2.46 bits per heavy atom. The molecule has 0 radical (unpaired) electrons. The van der Waals surface area contributed by atoms with Gasteiger partial charge in [0.05, 0.1) is 19.8 Å². The van der Waals surface area contributed by atoms with Crippen LogP contribution in [-0.2, 0) is 26.2 Å². The van der Waals surface area contributed by atoms with Gasteiger partial charge in [0.1, 0.15) is 17.3 Å². The Balaban J connectivity index is 2.29. The van der Waals surface area contributed by atoms with Crippen LogP contribution < -0.4 is 4.74 Å². The molecule has 0 aliphatic rings. The first-order valence-corrected chi connectivity index (χ1v) is 9.24. The number of benzene rings is 2. The second kappa shape index (κ2) is 8.50. The first kappa shape index (κ1) is 20.2. The highest BCUT2D eigenvalue weighted by atomic mass is 35.5. The monoisotopic (exact) mass is 399 g/mol. The molecule has 0 aromatic heterocycles. The Labute approximate surface area is 157 Å². The molecule has 26 heavy (non-hydrogen) atoms. The molecule has 0 N–H and O–H groups in total. The van der Waals surface area contributed by atoms with Crippen LogP contribution in [0.5, 0.6) is 5.75 Å². The fourth-order valence-electron chi connectivity index (χ4n) is 2.08. The number of hydrogen-bond acceptors (Lipinski definition) is 6. The number of hydrogen-bond donors (Lipinski definition) is 0. The highest BCUT2D eigenvalue weighted by molar-refractivity contribution is 7.89. The summed E-state index contributed by atoms with van der Waals surface area (Å²) in [5.74, 6) is -0.611. The number of nitrogens with zero attached hydrogens (tertiary/aromatic N) is 1. The van der Waals surface area contributed by atoms with Crippen LogP contribution in [-0.4, -0.2) is 40.1 Å². The van der Waals surface area contributed by atoms with Gasteiger partial charge in [0.15, 0.2) is 0 Å². The van der Waals surface area contributed by atoms with Crippen LogP contribution in [0.2, 0.25) is 5.02 Å². The Kier molecular flexibility index (Phi) is 6.60. The number of ether oxygens (including phenoxy) is 2. The van der Waals surface area contributed by atoms with Gasteiger partial charge in [0, 0.05) is 17.6 Å². The van der Waals surface area contributed by atoms with E-state index in [1.165, 1.54) is 39.5 Å². The predicted molar refractivity (Wildman–Crippen MR) is 95.5 cm³/mol. The molecule has 0 unspecified atom stereocenters. The lowest BCUT2D eigenvalue weighted by atomic mass is 10.2. The van der Waals surface area contributed by atoms with E-state index in [2.05, 4.69) is 0 Å². The van der Waals surface area contributed by atoms with Crippen LogP contribution in [0.25, 0.3) is 0 Å². The van der Waals surface area contributed by atoms with Gasteiger partial charge in [-0.05, 0) is 24.3 Å². The zero-order valence-electron chi connectivity index (χ0n) is 14.4. The maximum Gasteiger partial charge on any atom is 0.338 e. The van der Waals surface area contributed by atoms with Crippen molar-refractivity contribution in [3.63, 3.8) is 0 Å². The maximum absolute atomic E-state index is 12.5. The Morgan fingerprint density at radius 1 is 1.15 bits per heavy atom. The Bertz CT molecular complexity index is 900. The van der Waals surface area contributed by atoms with Gasteiger partial charge in [-0.1, -0.05) is 34.3 Å². The number of carbonyl (C=O) groups excluding carboxylic acids is 1. The number of carbonyl (C=O) groups is 1. The number of methoxy groups -OCH3 is 1. The smallest absolute Gasteiger partial charge is 0.338 e. The highest BCUT2D eigenvalue weighted by Crippen LogP contribution is 2.28. The molecule has 9 heteroatoms. The maximum atomic E-state index is 12.5. The molecule has 0 heterocycles. The van der Waals surface area contributed by atoms with E-state index in [0.717, 1.165) is 0 Å². The first-order valence-electron chi connectivity index (χ1n) is 7.43. The molecular formula is C17H18ClNO6S. The van der Waals surface area contributed by atoms with E-state index in [1.807, 2.05) is 0 Å². The summed E-state index contributed by atoms with van der Waals surface area (Å²) in [6.45, 7) is -0.0371. The molecule has 2 aromatic rings. The van der Waals surface area contributed by atoms with Crippen molar-refractivity contribution in [3.8, 4) is 5.75 Å². The van der Waals surface area contributed by atoms with E-state index in [-0.39, 0.29) is 22.8 Å². The fourth-order valence-corrected chi connectivity index (χ4v) is 3.43. The topological polar surface area (TPSA) is 82.1 Å². The first-order chi connectivity index (χ1) is 12.3.